The van der Waals surface area contributed by atoms with E-state index in [4.69, 9.17) is 26.3 Å². The van der Waals surface area contributed by atoms with Gasteiger partial charge in [-0.05, 0) is 61.7 Å². The first-order valence-corrected chi connectivity index (χ1v) is 14.3. The number of rotatable bonds is 8. The first-order chi connectivity index (χ1) is 19.9. The zero-order valence-corrected chi connectivity index (χ0v) is 24.5. The molecule has 1 amide bonds. The number of carbonyl (C=O) groups excluding carboxylic acids is 1. The topological polar surface area (TPSA) is 135 Å². The average Bonchev–Trinajstić information content (AvgIpc) is 3.60. The molecule has 0 bridgehead atoms. The quantitative estimate of drug-likeness (QED) is 0.157. The van der Waals surface area contributed by atoms with Gasteiger partial charge in [0.25, 0.3) is 5.91 Å². The lowest BCUT2D eigenvalue weighted by Gasteiger charge is -2.22. The zero-order chi connectivity index (χ0) is 28.3. The van der Waals surface area contributed by atoms with Gasteiger partial charge in [0, 0.05) is 41.7 Å². The van der Waals surface area contributed by atoms with Gasteiger partial charge in [-0.1, -0.05) is 33.6 Å². The van der Waals surface area contributed by atoms with E-state index in [1.165, 1.54) is 0 Å². The Hall–Kier alpha value is -4.00. The molecule has 0 spiro atoms. The molecular formula is C28H27BrClN9O2. The van der Waals surface area contributed by atoms with Crippen molar-refractivity contribution in [1.29, 1.82) is 0 Å². The molecule has 1 fully saturated rings. The van der Waals surface area contributed by atoms with Crippen molar-refractivity contribution in [2.75, 3.05) is 29.2 Å². The second-order valence-electron chi connectivity index (χ2n) is 9.76. The fourth-order valence-corrected chi connectivity index (χ4v) is 5.14. The number of hydrogen-bond donors (Lipinski definition) is 4. The molecule has 0 atom stereocenters. The van der Waals surface area contributed by atoms with Crippen LogP contribution in [0.25, 0.3) is 11.0 Å². The van der Waals surface area contributed by atoms with Crippen LogP contribution in [0.15, 0.2) is 59.2 Å². The van der Waals surface area contributed by atoms with Gasteiger partial charge in [0.05, 0.1) is 28.2 Å². The number of aryl methyl sites for hydroxylation is 1. The number of nitrogens with zero attached hydrogens (tertiary/aromatic N) is 5. The third-order valence-electron chi connectivity index (χ3n) is 6.77. The first-order valence-electron chi connectivity index (χ1n) is 13.1. The molecule has 1 aliphatic rings. The molecule has 13 heteroatoms. The fraction of sp³-hybridized carbons (Fsp3) is 0.250. The number of nitrogens with one attached hydrogen (secondary N) is 4. The van der Waals surface area contributed by atoms with E-state index < -0.39 is 0 Å². The fourth-order valence-electron chi connectivity index (χ4n) is 4.67. The number of fused-ring (bicyclic) bond motifs is 1. The molecule has 6 rings (SSSR count). The molecule has 2 aromatic carbocycles. The van der Waals surface area contributed by atoms with Crippen molar-refractivity contribution in [3.63, 3.8) is 0 Å². The van der Waals surface area contributed by atoms with Crippen LogP contribution in [-0.4, -0.2) is 49.1 Å². The average molecular weight is 637 g/mol. The van der Waals surface area contributed by atoms with Crippen LogP contribution in [0.4, 0.5) is 23.3 Å². The summed E-state index contributed by atoms with van der Waals surface area (Å²) in [7, 11) is 0. The lowest BCUT2D eigenvalue weighted by molar-refractivity contribution is 0.0673. The number of aromatic amines is 1. The molecule has 3 aromatic heterocycles. The van der Waals surface area contributed by atoms with Gasteiger partial charge in [0.2, 0.25) is 5.95 Å². The Morgan fingerprint density at radius 1 is 1.15 bits per heavy atom. The van der Waals surface area contributed by atoms with Crippen molar-refractivity contribution in [2.45, 2.75) is 32.4 Å². The van der Waals surface area contributed by atoms with Crippen molar-refractivity contribution in [3.05, 3.63) is 81.0 Å². The number of carbonyl (C=O) groups is 1. The predicted molar refractivity (Wildman–Crippen MR) is 162 cm³/mol. The lowest BCUT2D eigenvalue weighted by Crippen LogP contribution is -2.21. The molecule has 1 aliphatic heterocycles. The van der Waals surface area contributed by atoms with E-state index >= 15 is 0 Å². The Balaban J connectivity index is 1.26. The number of anilines is 4. The third-order valence-corrected chi connectivity index (χ3v) is 7.63. The summed E-state index contributed by atoms with van der Waals surface area (Å²) in [4.78, 5) is 22.6. The predicted octanol–water partition coefficient (Wildman–Crippen LogP) is 6.23. The van der Waals surface area contributed by atoms with Crippen molar-refractivity contribution in [2.24, 2.45) is 0 Å². The van der Waals surface area contributed by atoms with Crippen LogP contribution >= 0.6 is 27.5 Å². The minimum atomic E-state index is -0.294. The Kier molecular flexibility index (Phi) is 7.86. The maximum Gasteiger partial charge on any atom is 0.257 e. The Morgan fingerprint density at radius 2 is 1.95 bits per heavy atom. The largest absolute Gasteiger partial charge is 0.381 e. The summed E-state index contributed by atoms with van der Waals surface area (Å²) < 4.78 is 8.43. The number of halogens is 2. The van der Waals surface area contributed by atoms with E-state index in [0.717, 1.165) is 39.6 Å². The van der Waals surface area contributed by atoms with Gasteiger partial charge < -0.3 is 20.7 Å². The number of benzene rings is 2. The molecule has 41 heavy (non-hydrogen) atoms. The Bertz CT molecular complexity index is 1700. The second kappa shape index (κ2) is 11.9. The molecule has 0 radical (unpaired) electrons. The van der Waals surface area contributed by atoms with Gasteiger partial charge in [-0.25, -0.2) is 4.68 Å². The number of amides is 1. The summed E-state index contributed by atoms with van der Waals surface area (Å²) in [6, 6.07) is 14.8. The minimum Gasteiger partial charge on any atom is -0.381 e. The minimum absolute atomic E-state index is 0.188. The number of hydrogen-bond acceptors (Lipinski definition) is 8. The highest BCUT2D eigenvalue weighted by Gasteiger charge is 2.22. The van der Waals surface area contributed by atoms with Gasteiger partial charge in [0.1, 0.15) is 5.82 Å². The standard InChI is InChI=1S/C28H27BrClN9O2/c1-16-12-24(38-37-16)34-25-22-15-32-39(20-8-10-41-11-9-20)26(22)36-28(35-25)31-14-17-2-7-23(30)21(13-17)27(40)33-19-5-3-18(29)4-6-19/h2-7,12-13,15,20H,8-11,14H2,1H3,(H,33,40)(H3,31,34,35,36,37,38). The monoisotopic (exact) mass is 635 g/mol. The van der Waals surface area contributed by atoms with Crippen LogP contribution in [0.3, 0.4) is 0 Å². The van der Waals surface area contributed by atoms with Gasteiger partial charge >= 0.3 is 0 Å². The number of aromatic nitrogens is 6. The highest BCUT2D eigenvalue weighted by molar-refractivity contribution is 9.10. The van der Waals surface area contributed by atoms with Gasteiger partial charge in [-0.2, -0.15) is 20.2 Å². The van der Waals surface area contributed by atoms with Gasteiger partial charge in [0.15, 0.2) is 11.5 Å². The molecule has 0 aliphatic carbocycles. The van der Waals surface area contributed by atoms with Crippen molar-refractivity contribution < 1.29 is 9.53 Å². The van der Waals surface area contributed by atoms with Crippen LogP contribution in [0, 0.1) is 6.92 Å². The smallest absolute Gasteiger partial charge is 0.257 e. The van der Waals surface area contributed by atoms with Crippen LogP contribution in [0.1, 0.15) is 40.5 Å². The maximum atomic E-state index is 13.0. The van der Waals surface area contributed by atoms with E-state index in [-0.39, 0.29) is 11.9 Å². The third kappa shape index (κ3) is 6.19. The molecule has 4 heterocycles. The van der Waals surface area contributed by atoms with Crippen molar-refractivity contribution >= 4 is 67.7 Å². The van der Waals surface area contributed by atoms with Crippen LogP contribution in [0.2, 0.25) is 5.02 Å². The van der Waals surface area contributed by atoms with Gasteiger partial charge in [-0.3, -0.25) is 9.89 Å². The number of ether oxygens (including phenoxy) is 1. The molecule has 0 unspecified atom stereocenters. The molecule has 1 saturated heterocycles. The molecular weight excluding hydrogens is 610 g/mol. The second-order valence-corrected chi connectivity index (χ2v) is 11.1. The normalized spacial score (nSPS) is 13.8. The maximum absolute atomic E-state index is 13.0. The summed E-state index contributed by atoms with van der Waals surface area (Å²) in [6.45, 7) is 3.68. The van der Waals surface area contributed by atoms with Crippen LogP contribution in [-0.2, 0) is 11.3 Å². The van der Waals surface area contributed by atoms with Crippen LogP contribution in [0.5, 0.6) is 0 Å². The lowest BCUT2D eigenvalue weighted by atomic mass is 10.1. The summed E-state index contributed by atoms with van der Waals surface area (Å²) in [5.41, 5.74) is 3.54. The van der Waals surface area contributed by atoms with E-state index in [2.05, 4.69) is 47.2 Å². The highest BCUT2D eigenvalue weighted by Crippen LogP contribution is 2.30. The zero-order valence-electron chi connectivity index (χ0n) is 22.1. The summed E-state index contributed by atoms with van der Waals surface area (Å²) in [5.74, 6) is 1.36. The summed E-state index contributed by atoms with van der Waals surface area (Å²) in [5, 5.41) is 22.6. The molecule has 11 nitrogen and oxygen atoms in total. The molecule has 0 saturated carbocycles. The summed E-state index contributed by atoms with van der Waals surface area (Å²) >= 11 is 9.80. The van der Waals surface area contributed by atoms with E-state index in [1.807, 2.05) is 48.0 Å². The van der Waals surface area contributed by atoms with Crippen molar-refractivity contribution in [3.8, 4) is 0 Å². The Labute approximate surface area is 249 Å². The van der Waals surface area contributed by atoms with E-state index in [1.54, 1.807) is 18.3 Å². The highest BCUT2D eigenvalue weighted by atomic mass is 79.9. The van der Waals surface area contributed by atoms with Crippen LogP contribution < -0.4 is 16.0 Å². The van der Waals surface area contributed by atoms with E-state index in [9.17, 15) is 4.79 Å². The first kappa shape index (κ1) is 27.2. The Morgan fingerprint density at radius 3 is 2.71 bits per heavy atom. The van der Waals surface area contributed by atoms with Crippen molar-refractivity contribution in [1.82, 2.24) is 29.9 Å². The van der Waals surface area contributed by atoms with E-state index in [0.29, 0.717) is 53.6 Å². The van der Waals surface area contributed by atoms with Gasteiger partial charge in [-0.15, -0.1) is 0 Å². The molecule has 4 N–H and O–H groups in total. The summed E-state index contributed by atoms with van der Waals surface area (Å²) in [6.07, 6.45) is 3.51. The number of H-pyrrole nitrogens is 1. The SMILES string of the molecule is Cc1cc(Nc2nc(NCc3ccc(Cl)c(C(=O)Nc4ccc(Br)cc4)c3)nc3c2cnn3C2CCOCC2)n[nH]1. The molecule has 210 valence electrons. The molecule has 5 aromatic rings.